The molecule has 2 aromatic carbocycles. The molecule has 0 saturated carbocycles. The summed E-state index contributed by atoms with van der Waals surface area (Å²) in [6.07, 6.45) is 2.40. The number of methoxy groups -OCH3 is 1. The normalized spacial score (nSPS) is 14.7. The fraction of sp³-hybridized carbons (Fsp3) is 0.273. The lowest BCUT2D eigenvalue weighted by atomic mass is 9.94. The van der Waals surface area contributed by atoms with Gasteiger partial charge in [0, 0.05) is 17.5 Å². The van der Waals surface area contributed by atoms with E-state index in [9.17, 15) is 4.79 Å². The lowest BCUT2D eigenvalue weighted by molar-refractivity contribution is 0.0599. The smallest absolute Gasteiger partial charge is 0.340 e. The molecule has 0 bridgehead atoms. The van der Waals surface area contributed by atoms with Crippen LogP contribution in [0.15, 0.2) is 54.6 Å². The van der Waals surface area contributed by atoms with Gasteiger partial charge >= 0.3 is 5.97 Å². The lowest BCUT2D eigenvalue weighted by Crippen LogP contribution is -2.22. The first-order chi connectivity index (χ1) is 12.8. The zero-order chi connectivity index (χ0) is 17.9. The summed E-state index contributed by atoms with van der Waals surface area (Å²) in [5.74, 6) is -0.323. The number of nitrogens with zero attached hydrogens (tertiary/aromatic N) is 2. The Morgan fingerprint density at radius 3 is 2.46 bits per heavy atom. The number of carbonyl (C=O) groups excluding carboxylic acids is 1. The molecule has 0 aliphatic carbocycles. The molecular weight excluding hydrogens is 324 g/mol. The van der Waals surface area contributed by atoms with Gasteiger partial charge in [-0.15, -0.1) is 0 Å². The minimum absolute atomic E-state index is 0.323. The van der Waals surface area contributed by atoms with Crippen molar-refractivity contribution in [1.29, 1.82) is 0 Å². The van der Waals surface area contributed by atoms with E-state index < -0.39 is 0 Å². The Labute approximate surface area is 153 Å². The quantitative estimate of drug-likeness (QED) is 0.661. The molecule has 132 valence electrons. The molecule has 4 heteroatoms. The van der Waals surface area contributed by atoms with Gasteiger partial charge in [0.25, 0.3) is 0 Å². The standard InChI is InChI=1S/C22H22N2O2/c1-26-22(25)21-19(15-24-13-7-8-14-24)23-18-12-6-5-11-17(18)20(21)16-9-3-2-4-10-16/h2-6,9-12H,7-8,13-15H2,1H3. The number of carbonyl (C=O) groups is 1. The second-order valence-corrected chi connectivity index (χ2v) is 6.67. The van der Waals surface area contributed by atoms with Gasteiger partial charge in [-0.1, -0.05) is 48.5 Å². The van der Waals surface area contributed by atoms with E-state index in [0.717, 1.165) is 40.8 Å². The molecule has 1 saturated heterocycles. The second kappa shape index (κ2) is 7.26. The zero-order valence-electron chi connectivity index (χ0n) is 14.9. The number of pyridine rings is 1. The Morgan fingerprint density at radius 2 is 1.73 bits per heavy atom. The first-order valence-corrected chi connectivity index (χ1v) is 9.05. The maximum absolute atomic E-state index is 12.8. The van der Waals surface area contributed by atoms with Crippen LogP contribution in [-0.2, 0) is 11.3 Å². The van der Waals surface area contributed by atoms with Crippen LogP contribution in [0.1, 0.15) is 28.9 Å². The summed E-state index contributed by atoms with van der Waals surface area (Å²) in [5.41, 5.74) is 4.22. The lowest BCUT2D eigenvalue weighted by Gasteiger charge is -2.20. The molecule has 2 heterocycles. The van der Waals surface area contributed by atoms with Gasteiger partial charge in [0.05, 0.1) is 23.9 Å². The first-order valence-electron chi connectivity index (χ1n) is 9.05. The van der Waals surface area contributed by atoms with E-state index in [2.05, 4.69) is 4.90 Å². The summed E-state index contributed by atoms with van der Waals surface area (Å²) in [7, 11) is 1.44. The number of hydrogen-bond acceptors (Lipinski definition) is 4. The number of para-hydroxylation sites is 1. The second-order valence-electron chi connectivity index (χ2n) is 6.67. The summed E-state index contributed by atoms with van der Waals surface area (Å²) in [6.45, 7) is 2.78. The zero-order valence-corrected chi connectivity index (χ0v) is 14.9. The number of hydrogen-bond donors (Lipinski definition) is 0. The van der Waals surface area contributed by atoms with Crippen molar-refractivity contribution in [2.75, 3.05) is 20.2 Å². The fourth-order valence-corrected chi connectivity index (χ4v) is 3.76. The highest BCUT2D eigenvalue weighted by molar-refractivity contribution is 6.07. The molecule has 4 rings (SSSR count). The van der Waals surface area contributed by atoms with Crippen LogP contribution in [-0.4, -0.2) is 36.1 Å². The van der Waals surface area contributed by atoms with E-state index in [1.54, 1.807) is 0 Å². The molecule has 0 amide bonds. The SMILES string of the molecule is COC(=O)c1c(CN2CCCC2)nc2ccccc2c1-c1ccccc1. The molecule has 4 nitrogen and oxygen atoms in total. The van der Waals surface area contributed by atoms with Crippen LogP contribution in [0.5, 0.6) is 0 Å². The van der Waals surface area contributed by atoms with Crippen molar-refractivity contribution in [2.45, 2.75) is 19.4 Å². The highest BCUT2D eigenvalue weighted by Gasteiger charge is 2.24. The van der Waals surface area contributed by atoms with E-state index in [1.165, 1.54) is 20.0 Å². The highest BCUT2D eigenvalue weighted by atomic mass is 16.5. The van der Waals surface area contributed by atoms with Crippen molar-refractivity contribution >= 4 is 16.9 Å². The van der Waals surface area contributed by atoms with Gasteiger partial charge in [0.15, 0.2) is 0 Å². The van der Waals surface area contributed by atoms with E-state index in [-0.39, 0.29) is 5.97 Å². The van der Waals surface area contributed by atoms with Crippen LogP contribution in [0.25, 0.3) is 22.0 Å². The van der Waals surface area contributed by atoms with Crippen molar-refractivity contribution in [3.8, 4) is 11.1 Å². The molecule has 1 aromatic heterocycles. The van der Waals surface area contributed by atoms with Gasteiger partial charge in [0.1, 0.15) is 0 Å². The summed E-state index contributed by atoms with van der Waals surface area (Å²) in [5, 5.41) is 0.976. The summed E-state index contributed by atoms with van der Waals surface area (Å²) >= 11 is 0. The van der Waals surface area contributed by atoms with Crippen molar-refractivity contribution in [1.82, 2.24) is 9.88 Å². The molecular formula is C22H22N2O2. The maximum atomic E-state index is 12.8. The van der Waals surface area contributed by atoms with Crippen LogP contribution in [0, 0.1) is 0 Å². The van der Waals surface area contributed by atoms with Gasteiger partial charge < -0.3 is 4.74 Å². The minimum atomic E-state index is -0.323. The molecule has 0 spiro atoms. The van der Waals surface area contributed by atoms with Gasteiger partial charge in [-0.2, -0.15) is 0 Å². The molecule has 0 N–H and O–H groups in total. The Balaban J connectivity index is 1.99. The number of ether oxygens (including phenoxy) is 1. The van der Waals surface area contributed by atoms with Crippen LogP contribution in [0.2, 0.25) is 0 Å². The molecule has 0 unspecified atom stereocenters. The number of aromatic nitrogens is 1. The van der Waals surface area contributed by atoms with Crippen molar-refractivity contribution in [2.24, 2.45) is 0 Å². The third-order valence-electron chi connectivity index (χ3n) is 4.99. The van der Waals surface area contributed by atoms with Gasteiger partial charge in [0.2, 0.25) is 0 Å². The summed E-state index contributed by atoms with van der Waals surface area (Å²) in [4.78, 5) is 20.0. The average Bonchev–Trinajstić information content (AvgIpc) is 3.20. The van der Waals surface area contributed by atoms with Crippen LogP contribution in [0.4, 0.5) is 0 Å². The Kier molecular flexibility index (Phi) is 4.67. The van der Waals surface area contributed by atoms with Crippen LogP contribution < -0.4 is 0 Å². The summed E-state index contributed by atoms with van der Waals surface area (Å²) in [6, 6.07) is 18.0. The van der Waals surface area contributed by atoms with E-state index >= 15 is 0 Å². The van der Waals surface area contributed by atoms with Crippen molar-refractivity contribution in [3.05, 3.63) is 65.9 Å². The molecule has 26 heavy (non-hydrogen) atoms. The van der Waals surface area contributed by atoms with Gasteiger partial charge in [-0.25, -0.2) is 4.79 Å². The monoisotopic (exact) mass is 346 g/mol. The van der Waals surface area contributed by atoms with Gasteiger partial charge in [-0.05, 0) is 37.6 Å². The maximum Gasteiger partial charge on any atom is 0.340 e. The molecule has 3 aromatic rings. The molecule has 0 atom stereocenters. The highest BCUT2D eigenvalue weighted by Crippen LogP contribution is 2.34. The largest absolute Gasteiger partial charge is 0.465 e. The number of benzene rings is 2. The number of rotatable bonds is 4. The van der Waals surface area contributed by atoms with Crippen molar-refractivity contribution < 1.29 is 9.53 Å². The third kappa shape index (κ3) is 3.08. The predicted molar refractivity (Wildman–Crippen MR) is 103 cm³/mol. The molecule has 1 aliphatic heterocycles. The average molecular weight is 346 g/mol. The molecule has 0 radical (unpaired) electrons. The Morgan fingerprint density at radius 1 is 1.04 bits per heavy atom. The van der Waals surface area contributed by atoms with E-state index in [1.807, 2.05) is 54.6 Å². The first kappa shape index (κ1) is 16.7. The topological polar surface area (TPSA) is 42.4 Å². The van der Waals surface area contributed by atoms with Crippen LogP contribution in [0.3, 0.4) is 0 Å². The number of fused-ring (bicyclic) bond motifs is 1. The Hall–Kier alpha value is -2.72. The number of esters is 1. The minimum Gasteiger partial charge on any atom is -0.465 e. The molecule has 1 fully saturated rings. The molecule has 1 aliphatic rings. The predicted octanol–water partition coefficient (Wildman–Crippen LogP) is 4.28. The summed E-state index contributed by atoms with van der Waals surface area (Å²) < 4.78 is 5.16. The Bertz CT molecular complexity index is 932. The fourth-order valence-electron chi connectivity index (χ4n) is 3.76. The third-order valence-corrected chi connectivity index (χ3v) is 4.99. The van der Waals surface area contributed by atoms with Crippen LogP contribution >= 0.6 is 0 Å². The van der Waals surface area contributed by atoms with E-state index in [4.69, 9.17) is 9.72 Å². The van der Waals surface area contributed by atoms with Crippen molar-refractivity contribution in [3.63, 3.8) is 0 Å². The number of likely N-dealkylation sites (tertiary alicyclic amines) is 1. The van der Waals surface area contributed by atoms with Gasteiger partial charge in [-0.3, -0.25) is 9.88 Å². The van der Waals surface area contributed by atoms with E-state index in [0.29, 0.717) is 12.1 Å².